The first-order valence-corrected chi connectivity index (χ1v) is 7.14. The maximum atomic E-state index is 12.8. The van der Waals surface area contributed by atoms with E-state index in [1.54, 1.807) is 30.4 Å². The van der Waals surface area contributed by atoms with Crippen LogP contribution in [-0.4, -0.2) is 28.7 Å². The molecule has 1 unspecified atom stereocenters. The van der Waals surface area contributed by atoms with Crippen molar-refractivity contribution in [2.45, 2.75) is 12.6 Å². The molecule has 112 valence electrons. The highest BCUT2D eigenvalue weighted by Gasteiger charge is 2.29. The molecule has 0 aliphatic carbocycles. The molecule has 0 aromatic heterocycles. The number of benzene rings is 2. The SMILES string of the molecule is O=C1c2ccccc2CC(O)N1C/C=C/c1ccc(F)cc1. The van der Waals surface area contributed by atoms with Crippen LogP contribution in [0.5, 0.6) is 0 Å². The molecule has 1 N–H and O–H groups in total. The van der Waals surface area contributed by atoms with E-state index in [9.17, 15) is 14.3 Å². The van der Waals surface area contributed by atoms with Gasteiger partial charge in [-0.05, 0) is 29.3 Å². The standard InChI is InChI=1S/C18H16FNO2/c19-15-9-7-13(8-10-15)4-3-11-20-17(21)12-14-5-1-2-6-16(14)18(20)22/h1-10,17,21H,11-12H2/b4-3+. The molecule has 2 aromatic rings. The van der Waals surface area contributed by atoms with Crippen molar-refractivity contribution in [1.82, 2.24) is 4.90 Å². The average molecular weight is 297 g/mol. The minimum Gasteiger partial charge on any atom is -0.373 e. The van der Waals surface area contributed by atoms with Crippen molar-refractivity contribution in [3.8, 4) is 0 Å². The fourth-order valence-electron chi connectivity index (χ4n) is 2.58. The van der Waals surface area contributed by atoms with E-state index in [-0.39, 0.29) is 11.7 Å². The molecule has 4 heteroatoms. The quantitative estimate of drug-likeness (QED) is 0.946. The summed E-state index contributed by atoms with van der Waals surface area (Å²) < 4.78 is 12.8. The van der Waals surface area contributed by atoms with E-state index >= 15 is 0 Å². The molecule has 0 saturated heterocycles. The molecule has 22 heavy (non-hydrogen) atoms. The predicted octanol–water partition coefficient (Wildman–Crippen LogP) is 2.86. The van der Waals surface area contributed by atoms with Crippen LogP contribution in [0, 0.1) is 5.82 Å². The molecule has 3 nitrogen and oxygen atoms in total. The molecule has 0 radical (unpaired) electrons. The van der Waals surface area contributed by atoms with E-state index in [4.69, 9.17) is 0 Å². The summed E-state index contributed by atoms with van der Waals surface area (Å²) in [7, 11) is 0. The summed E-state index contributed by atoms with van der Waals surface area (Å²) >= 11 is 0. The van der Waals surface area contributed by atoms with E-state index in [0.717, 1.165) is 11.1 Å². The Morgan fingerprint density at radius 3 is 2.68 bits per heavy atom. The van der Waals surface area contributed by atoms with E-state index in [0.29, 0.717) is 18.5 Å². The molecule has 3 rings (SSSR count). The highest BCUT2D eigenvalue weighted by atomic mass is 19.1. The molecule has 0 fully saturated rings. The fourth-order valence-corrected chi connectivity index (χ4v) is 2.58. The van der Waals surface area contributed by atoms with E-state index < -0.39 is 6.23 Å². The third-order valence-corrected chi connectivity index (χ3v) is 3.75. The monoisotopic (exact) mass is 297 g/mol. The first kappa shape index (κ1) is 14.5. The molecular weight excluding hydrogens is 281 g/mol. The summed E-state index contributed by atoms with van der Waals surface area (Å²) in [6, 6.07) is 13.4. The summed E-state index contributed by atoms with van der Waals surface area (Å²) in [5, 5.41) is 10.1. The molecule has 1 aliphatic heterocycles. The number of halogens is 1. The van der Waals surface area contributed by atoms with E-state index in [1.807, 2.05) is 18.2 Å². The third-order valence-electron chi connectivity index (χ3n) is 3.75. The average Bonchev–Trinajstić information content (AvgIpc) is 2.52. The second kappa shape index (κ2) is 6.12. The van der Waals surface area contributed by atoms with Crippen molar-refractivity contribution >= 4 is 12.0 Å². The number of amides is 1. The minimum atomic E-state index is -0.819. The lowest BCUT2D eigenvalue weighted by molar-refractivity contribution is 0.00833. The molecule has 2 aromatic carbocycles. The Hall–Kier alpha value is -2.46. The van der Waals surface area contributed by atoms with Crippen LogP contribution < -0.4 is 0 Å². The normalized spacial score (nSPS) is 17.8. The van der Waals surface area contributed by atoms with Gasteiger partial charge in [0.1, 0.15) is 12.0 Å². The predicted molar refractivity (Wildman–Crippen MR) is 82.6 cm³/mol. The molecule has 0 spiro atoms. The zero-order valence-electron chi connectivity index (χ0n) is 11.9. The number of carbonyl (C=O) groups excluding carboxylic acids is 1. The third kappa shape index (κ3) is 2.92. The highest BCUT2D eigenvalue weighted by Crippen LogP contribution is 2.22. The van der Waals surface area contributed by atoms with Crippen LogP contribution >= 0.6 is 0 Å². The smallest absolute Gasteiger partial charge is 0.256 e. The van der Waals surface area contributed by atoms with Crippen LogP contribution in [-0.2, 0) is 6.42 Å². The van der Waals surface area contributed by atoms with Gasteiger partial charge < -0.3 is 10.0 Å². The molecule has 1 heterocycles. The van der Waals surface area contributed by atoms with Gasteiger partial charge in [-0.2, -0.15) is 0 Å². The summed E-state index contributed by atoms with van der Waals surface area (Å²) in [4.78, 5) is 13.8. The zero-order valence-corrected chi connectivity index (χ0v) is 11.9. The molecule has 1 atom stereocenters. The first-order chi connectivity index (χ1) is 10.6. The zero-order chi connectivity index (χ0) is 15.5. The van der Waals surface area contributed by atoms with Crippen LogP contribution in [0.25, 0.3) is 6.08 Å². The Balaban J connectivity index is 1.73. The largest absolute Gasteiger partial charge is 0.373 e. The van der Waals surface area contributed by atoms with Gasteiger partial charge in [0.25, 0.3) is 5.91 Å². The fraction of sp³-hybridized carbons (Fsp3) is 0.167. The Bertz CT molecular complexity index is 709. The van der Waals surface area contributed by atoms with E-state index in [2.05, 4.69) is 0 Å². The molecule has 0 bridgehead atoms. The van der Waals surface area contributed by atoms with Crippen LogP contribution in [0.2, 0.25) is 0 Å². The van der Waals surface area contributed by atoms with Crippen LogP contribution in [0.1, 0.15) is 21.5 Å². The lowest BCUT2D eigenvalue weighted by Gasteiger charge is -2.32. The first-order valence-electron chi connectivity index (χ1n) is 7.14. The van der Waals surface area contributed by atoms with Crippen LogP contribution in [0.3, 0.4) is 0 Å². The summed E-state index contributed by atoms with van der Waals surface area (Å²) in [5.74, 6) is -0.450. The second-order valence-corrected chi connectivity index (χ2v) is 5.25. The van der Waals surface area contributed by atoms with Gasteiger partial charge in [-0.15, -0.1) is 0 Å². The highest BCUT2D eigenvalue weighted by molar-refractivity contribution is 5.97. The Morgan fingerprint density at radius 2 is 1.91 bits per heavy atom. The van der Waals surface area contributed by atoms with Gasteiger partial charge >= 0.3 is 0 Å². The lowest BCUT2D eigenvalue weighted by Crippen LogP contribution is -2.45. The number of rotatable bonds is 3. The van der Waals surface area contributed by atoms with Crippen molar-refractivity contribution in [3.05, 3.63) is 77.1 Å². The molecular formula is C18H16FNO2. The second-order valence-electron chi connectivity index (χ2n) is 5.25. The van der Waals surface area contributed by atoms with Crippen molar-refractivity contribution in [3.63, 3.8) is 0 Å². The van der Waals surface area contributed by atoms with Crippen molar-refractivity contribution in [2.24, 2.45) is 0 Å². The van der Waals surface area contributed by atoms with Crippen molar-refractivity contribution < 1.29 is 14.3 Å². The topological polar surface area (TPSA) is 40.5 Å². The molecule has 0 saturated carbocycles. The van der Waals surface area contributed by atoms with Gasteiger partial charge in [-0.25, -0.2) is 4.39 Å². The Labute approximate surface area is 128 Å². The van der Waals surface area contributed by atoms with Gasteiger partial charge in [0, 0.05) is 18.5 Å². The summed E-state index contributed by atoms with van der Waals surface area (Å²) in [6.45, 7) is 0.311. The van der Waals surface area contributed by atoms with Crippen molar-refractivity contribution in [2.75, 3.05) is 6.54 Å². The van der Waals surface area contributed by atoms with Gasteiger partial charge in [-0.1, -0.05) is 42.5 Å². The Kier molecular flexibility index (Phi) is 4.02. The van der Waals surface area contributed by atoms with Gasteiger partial charge in [-0.3, -0.25) is 4.79 Å². The maximum Gasteiger partial charge on any atom is 0.256 e. The Morgan fingerprint density at radius 1 is 1.18 bits per heavy atom. The number of nitrogens with zero attached hydrogens (tertiary/aromatic N) is 1. The number of carbonyl (C=O) groups is 1. The van der Waals surface area contributed by atoms with Crippen molar-refractivity contribution in [1.29, 1.82) is 0 Å². The number of fused-ring (bicyclic) bond motifs is 1. The number of aliphatic hydroxyl groups is 1. The molecule has 1 amide bonds. The van der Waals surface area contributed by atoms with Gasteiger partial charge in [0.05, 0.1) is 0 Å². The summed E-state index contributed by atoms with van der Waals surface area (Å²) in [5.41, 5.74) is 2.36. The molecule has 1 aliphatic rings. The number of hydrogen-bond donors (Lipinski definition) is 1. The maximum absolute atomic E-state index is 12.8. The van der Waals surface area contributed by atoms with Gasteiger partial charge in [0.15, 0.2) is 0 Å². The van der Waals surface area contributed by atoms with Gasteiger partial charge in [0.2, 0.25) is 0 Å². The summed E-state index contributed by atoms with van der Waals surface area (Å²) in [6.07, 6.45) is 3.22. The van der Waals surface area contributed by atoms with Crippen LogP contribution in [0.15, 0.2) is 54.6 Å². The van der Waals surface area contributed by atoms with Crippen LogP contribution in [0.4, 0.5) is 4.39 Å². The number of hydrogen-bond acceptors (Lipinski definition) is 2. The lowest BCUT2D eigenvalue weighted by atomic mass is 9.98. The van der Waals surface area contributed by atoms with E-state index in [1.165, 1.54) is 17.0 Å². The number of aliphatic hydroxyl groups excluding tert-OH is 1. The minimum absolute atomic E-state index is 0.168.